The second-order valence-corrected chi connectivity index (χ2v) is 4.69. The van der Waals surface area contributed by atoms with Crippen molar-refractivity contribution in [3.63, 3.8) is 0 Å². The average Bonchev–Trinajstić information content (AvgIpc) is 2.29. The smallest absolute Gasteiger partial charge is 0.223 e. The molecule has 0 radical (unpaired) electrons. The van der Waals surface area contributed by atoms with E-state index >= 15 is 0 Å². The normalized spacial score (nSPS) is 10.6. The van der Waals surface area contributed by atoms with Crippen LogP contribution in [0, 0.1) is 0 Å². The molecule has 0 aromatic heterocycles. The lowest BCUT2D eigenvalue weighted by Crippen LogP contribution is -2.01. The van der Waals surface area contributed by atoms with Gasteiger partial charge in [0, 0.05) is 26.1 Å². The summed E-state index contributed by atoms with van der Waals surface area (Å²) >= 11 is 10.3. The van der Waals surface area contributed by atoms with Crippen LogP contribution in [-0.2, 0) is 19.1 Å². The zero-order valence-corrected chi connectivity index (χ0v) is 12.0. The van der Waals surface area contributed by atoms with Crippen molar-refractivity contribution < 1.29 is 19.1 Å². The molecule has 0 aliphatic heterocycles. The van der Waals surface area contributed by atoms with E-state index in [1.807, 2.05) is 0 Å². The Hall–Kier alpha value is -0.160. The number of rotatable bonds is 13. The molecule has 0 N–H and O–H groups in total. The Morgan fingerprint density at radius 3 is 1.39 bits per heavy atom. The van der Waals surface area contributed by atoms with Crippen LogP contribution in [0.2, 0.25) is 0 Å². The first-order valence-corrected chi connectivity index (χ1v) is 6.90. The SMILES string of the molecule is O=C(Cl)CCOCCCCCCOCCC(=O)Cl. The minimum absolute atomic E-state index is 0.273. The fraction of sp³-hybridized carbons (Fsp3) is 0.833. The van der Waals surface area contributed by atoms with Gasteiger partial charge in [0.2, 0.25) is 10.5 Å². The zero-order valence-electron chi connectivity index (χ0n) is 10.5. The van der Waals surface area contributed by atoms with Crippen LogP contribution >= 0.6 is 23.2 Å². The molecule has 0 heterocycles. The largest absolute Gasteiger partial charge is 0.381 e. The highest BCUT2D eigenvalue weighted by Gasteiger charge is 1.97. The third-order valence-corrected chi connectivity index (χ3v) is 2.59. The van der Waals surface area contributed by atoms with Gasteiger partial charge in [0.1, 0.15) is 0 Å². The van der Waals surface area contributed by atoms with Gasteiger partial charge in [-0.05, 0) is 36.0 Å². The fourth-order valence-corrected chi connectivity index (χ4v) is 1.43. The number of ether oxygens (including phenoxy) is 2. The topological polar surface area (TPSA) is 52.6 Å². The molecule has 18 heavy (non-hydrogen) atoms. The lowest BCUT2D eigenvalue weighted by Gasteiger charge is -2.04. The summed E-state index contributed by atoms with van der Waals surface area (Å²) in [6.45, 7) is 2.12. The first-order valence-electron chi connectivity index (χ1n) is 6.15. The highest BCUT2D eigenvalue weighted by atomic mass is 35.5. The van der Waals surface area contributed by atoms with Crippen molar-refractivity contribution >= 4 is 33.7 Å². The van der Waals surface area contributed by atoms with Crippen molar-refractivity contribution in [1.29, 1.82) is 0 Å². The van der Waals surface area contributed by atoms with Crippen molar-refractivity contribution in [1.82, 2.24) is 0 Å². The summed E-state index contributed by atoms with van der Waals surface area (Å²) in [6.07, 6.45) is 4.61. The van der Waals surface area contributed by atoms with Gasteiger partial charge in [-0.25, -0.2) is 0 Å². The van der Waals surface area contributed by atoms with Crippen LogP contribution in [-0.4, -0.2) is 36.9 Å². The highest BCUT2D eigenvalue weighted by Crippen LogP contribution is 2.01. The Labute approximate surface area is 118 Å². The number of hydrogen-bond donors (Lipinski definition) is 0. The number of carbonyl (C=O) groups is 2. The molecule has 6 heteroatoms. The number of unbranched alkanes of at least 4 members (excludes halogenated alkanes) is 3. The molecule has 0 aromatic rings. The number of halogens is 2. The van der Waals surface area contributed by atoms with Crippen LogP contribution in [0.15, 0.2) is 0 Å². The third kappa shape index (κ3) is 15.8. The Bertz CT molecular complexity index is 210. The summed E-state index contributed by atoms with van der Waals surface area (Å²) in [5, 5.41) is -0.717. The second-order valence-electron chi connectivity index (χ2n) is 3.85. The van der Waals surface area contributed by atoms with E-state index in [1.165, 1.54) is 0 Å². The van der Waals surface area contributed by atoms with Gasteiger partial charge in [-0.2, -0.15) is 0 Å². The van der Waals surface area contributed by atoms with Crippen LogP contribution in [0.3, 0.4) is 0 Å². The quantitative estimate of drug-likeness (QED) is 0.387. The van der Waals surface area contributed by atoms with E-state index in [9.17, 15) is 9.59 Å². The molecule has 0 aliphatic rings. The van der Waals surface area contributed by atoms with Gasteiger partial charge in [-0.1, -0.05) is 12.8 Å². The van der Waals surface area contributed by atoms with Gasteiger partial charge in [0.25, 0.3) is 0 Å². The van der Waals surface area contributed by atoms with Crippen molar-refractivity contribution in [2.24, 2.45) is 0 Å². The maximum absolute atomic E-state index is 10.4. The summed E-state index contributed by atoms with van der Waals surface area (Å²) in [5.41, 5.74) is 0. The minimum atomic E-state index is -0.359. The molecule has 0 aromatic carbocycles. The lowest BCUT2D eigenvalue weighted by atomic mass is 10.2. The Balaban J connectivity index is 2.99. The van der Waals surface area contributed by atoms with Crippen molar-refractivity contribution in [3.8, 4) is 0 Å². The van der Waals surface area contributed by atoms with Gasteiger partial charge in [0.05, 0.1) is 13.2 Å². The van der Waals surface area contributed by atoms with Gasteiger partial charge >= 0.3 is 0 Å². The Morgan fingerprint density at radius 1 is 0.667 bits per heavy atom. The minimum Gasteiger partial charge on any atom is -0.381 e. The molecule has 0 aliphatic carbocycles. The van der Waals surface area contributed by atoms with E-state index < -0.39 is 0 Å². The molecule has 0 bridgehead atoms. The van der Waals surface area contributed by atoms with E-state index in [0.29, 0.717) is 26.4 Å². The first kappa shape index (κ1) is 17.8. The molecular weight excluding hydrogens is 279 g/mol. The van der Waals surface area contributed by atoms with E-state index in [2.05, 4.69) is 0 Å². The summed E-state index contributed by atoms with van der Waals surface area (Å²) in [5.74, 6) is 0. The number of carbonyl (C=O) groups excluding carboxylic acids is 2. The summed E-state index contributed by atoms with van der Waals surface area (Å²) in [6, 6.07) is 0. The molecule has 4 nitrogen and oxygen atoms in total. The predicted octanol–water partition coefficient (Wildman–Crippen LogP) is 2.89. The van der Waals surface area contributed by atoms with Crippen molar-refractivity contribution in [2.45, 2.75) is 38.5 Å². The predicted molar refractivity (Wildman–Crippen MR) is 71.1 cm³/mol. The third-order valence-electron chi connectivity index (χ3n) is 2.21. The molecule has 0 atom stereocenters. The van der Waals surface area contributed by atoms with Crippen molar-refractivity contribution in [3.05, 3.63) is 0 Å². The molecule has 0 saturated carbocycles. The van der Waals surface area contributed by atoms with E-state index in [0.717, 1.165) is 25.7 Å². The maximum Gasteiger partial charge on any atom is 0.223 e. The van der Waals surface area contributed by atoms with Gasteiger partial charge in [-0.15, -0.1) is 0 Å². The lowest BCUT2D eigenvalue weighted by molar-refractivity contribution is -0.113. The van der Waals surface area contributed by atoms with Crippen LogP contribution in [0.25, 0.3) is 0 Å². The molecule has 106 valence electrons. The van der Waals surface area contributed by atoms with Gasteiger partial charge in [-0.3, -0.25) is 9.59 Å². The second kappa shape index (κ2) is 13.3. The van der Waals surface area contributed by atoms with Crippen LogP contribution < -0.4 is 0 Å². The molecule has 0 fully saturated rings. The molecule has 0 rings (SSSR count). The van der Waals surface area contributed by atoms with Crippen LogP contribution in [0.4, 0.5) is 0 Å². The number of hydrogen-bond acceptors (Lipinski definition) is 4. The van der Waals surface area contributed by atoms with Crippen molar-refractivity contribution in [2.75, 3.05) is 26.4 Å². The van der Waals surface area contributed by atoms with Gasteiger partial charge in [0.15, 0.2) is 0 Å². The first-order chi connectivity index (χ1) is 8.63. The summed E-state index contributed by atoms with van der Waals surface area (Å²) in [7, 11) is 0. The van der Waals surface area contributed by atoms with E-state index in [1.54, 1.807) is 0 Å². The molecular formula is C12H20Cl2O4. The molecule has 0 amide bonds. The average molecular weight is 299 g/mol. The standard InChI is InChI=1S/C12H20Cl2O4/c13-11(15)5-9-17-7-3-1-2-4-8-18-10-6-12(14)16/h1-10H2. The zero-order chi connectivity index (χ0) is 13.6. The Morgan fingerprint density at radius 2 is 1.06 bits per heavy atom. The van der Waals surface area contributed by atoms with E-state index in [4.69, 9.17) is 32.7 Å². The summed E-state index contributed by atoms with van der Waals surface area (Å²) < 4.78 is 10.5. The molecule has 0 saturated heterocycles. The monoisotopic (exact) mass is 298 g/mol. The van der Waals surface area contributed by atoms with Crippen LogP contribution in [0.1, 0.15) is 38.5 Å². The molecule has 0 unspecified atom stereocenters. The Kier molecular flexibility index (Phi) is 13.2. The highest BCUT2D eigenvalue weighted by molar-refractivity contribution is 6.63. The maximum atomic E-state index is 10.4. The fourth-order valence-electron chi connectivity index (χ4n) is 1.27. The molecule has 0 spiro atoms. The summed E-state index contributed by atoms with van der Waals surface area (Å²) in [4.78, 5) is 20.8. The van der Waals surface area contributed by atoms with E-state index in [-0.39, 0.29) is 23.3 Å². The van der Waals surface area contributed by atoms with Gasteiger partial charge < -0.3 is 9.47 Å². The van der Waals surface area contributed by atoms with Crippen LogP contribution in [0.5, 0.6) is 0 Å².